The van der Waals surface area contributed by atoms with Crippen LogP contribution in [0.3, 0.4) is 0 Å². The summed E-state index contributed by atoms with van der Waals surface area (Å²) in [5.74, 6) is 0.422. The average molecular weight is 416 g/mol. The standard InChI is InChI=1S/C20H21FN4O3S/c1-11-16-18(23-10-24-20(16)29-17(11)19(26)22-2)25-14-4-3-12(21)9-15(14)28-13-5-7-27-8-6-13/h3-4,9-10,13H,5-8H2,1-2H3,(H,22,26)(H,23,24,25). The summed E-state index contributed by atoms with van der Waals surface area (Å²) < 4.78 is 25.3. The molecule has 7 nitrogen and oxygen atoms in total. The molecule has 0 spiro atoms. The van der Waals surface area contributed by atoms with Gasteiger partial charge in [0.05, 0.1) is 29.2 Å². The average Bonchev–Trinajstić information content (AvgIpc) is 3.08. The number of nitrogens with one attached hydrogen (secondary N) is 2. The van der Waals surface area contributed by atoms with Crippen LogP contribution in [0, 0.1) is 12.7 Å². The molecule has 1 saturated heterocycles. The molecule has 4 rings (SSSR count). The molecule has 0 bridgehead atoms. The molecule has 1 amide bonds. The SMILES string of the molecule is CNC(=O)c1sc2ncnc(Nc3ccc(F)cc3OC3CCOCC3)c2c1C. The normalized spacial score (nSPS) is 14.7. The highest BCUT2D eigenvalue weighted by Gasteiger charge is 2.21. The van der Waals surface area contributed by atoms with E-state index in [9.17, 15) is 9.18 Å². The lowest BCUT2D eigenvalue weighted by molar-refractivity contribution is 0.0257. The second kappa shape index (κ2) is 8.30. The minimum absolute atomic E-state index is 0.0285. The van der Waals surface area contributed by atoms with E-state index in [1.54, 1.807) is 13.1 Å². The third-order valence-corrected chi connectivity index (χ3v) is 6.02. The van der Waals surface area contributed by atoms with Gasteiger partial charge in [0, 0.05) is 26.0 Å². The number of amides is 1. The van der Waals surface area contributed by atoms with Crippen molar-refractivity contribution in [3.05, 3.63) is 40.8 Å². The molecular formula is C20H21FN4O3S. The van der Waals surface area contributed by atoms with Crippen LogP contribution in [0.15, 0.2) is 24.5 Å². The second-order valence-corrected chi connectivity index (χ2v) is 7.73. The molecule has 0 saturated carbocycles. The molecule has 0 radical (unpaired) electrons. The highest BCUT2D eigenvalue weighted by molar-refractivity contribution is 7.20. The summed E-state index contributed by atoms with van der Waals surface area (Å²) in [4.78, 5) is 22.1. The van der Waals surface area contributed by atoms with E-state index in [-0.39, 0.29) is 17.8 Å². The molecule has 3 heterocycles. The number of nitrogens with zero attached hydrogens (tertiary/aromatic N) is 2. The number of hydrogen-bond donors (Lipinski definition) is 2. The number of benzene rings is 1. The maximum absolute atomic E-state index is 13.9. The van der Waals surface area contributed by atoms with Gasteiger partial charge in [-0.25, -0.2) is 14.4 Å². The van der Waals surface area contributed by atoms with E-state index >= 15 is 0 Å². The van der Waals surface area contributed by atoms with E-state index in [0.29, 0.717) is 40.2 Å². The zero-order chi connectivity index (χ0) is 20.4. The van der Waals surface area contributed by atoms with Crippen molar-refractivity contribution in [3.63, 3.8) is 0 Å². The summed E-state index contributed by atoms with van der Waals surface area (Å²) in [6, 6.07) is 4.36. The smallest absolute Gasteiger partial charge is 0.261 e. The maximum Gasteiger partial charge on any atom is 0.261 e. The van der Waals surface area contributed by atoms with Gasteiger partial charge in [0.15, 0.2) is 0 Å². The van der Waals surface area contributed by atoms with Crippen LogP contribution in [0.2, 0.25) is 0 Å². The minimum atomic E-state index is -0.376. The van der Waals surface area contributed by atoms with Gasteiger partial charge in [-0.3, -0.25) is 4.79 Å². The Morgan fingerprint density at radius 1 is 1.31 bits per heavy atom. The quantitative estimate of drug-likeness (QED) is 0.658. The predicted octanol–water partition coefficient (Wildman–Crippen LogP) is 3.80. The van der Waals surface area contributed by atoms with Gasteiger partial charge in [0.2, 0.25) is 0 Å². The summed E-state index contributed by atoms with van der Waals surface area (Å²) in [5, 5.41) is 6.65. The van der Waals surface area contributed by atoms with Gasteiger partial charge < -0.3 is 20.1 Å². The molecule has 29 heavy (non-hydrogen) atoms. The van der Waals surface area contributed by atoms with Gasteiger partial charge in [0.1, 0.15) is 34.6 Å². The summed E-state index contributed by atoms with van der Waals surface area (Å²) in [6.07, 6.45) is 2.93. The van der Waals surface area contributed by atoms with Gasteiger partial charge in [-0.05, 0) is 24.6 Å². The summed E-state index contributed by atoms with van der Waals surface area (Å²) in [6.45, 7) is 3.12. The number of anilines is 2. The van der Waals surface area contributed by atoms with Gasteiger partial charge in [-0.1, -0.05) is 0 Å². The van der Waals surface area contributed by atoms with Gasteiger partial charge >= 0.3 is 0 Å². The van der Waals surface area contributed by atoms with Crippen LogP contribution in [0.5, 0.6) is 5.75 Å². The first kappa shape index (κ1) is 19.5. The third-order valence-electron chi connectivity index (χ3n) is 4.82. The molecule has 0 atom stereocenters. The van der Waals surface area contributed by atoms with Gasteiger partial charge in [0.25, 0.3) is 5.91 Å². The Hall–Kier alpha value is -2.78. The molecule has 3 aromatic rings. The minimum Gasteiger partial charge on any atom is -0.488 e. The van der Waals surface area contributed by atoms with Crippen molar-refractivity contribution in [2.75, 3.05) is 25.6 Å². The molecular weight excluding hydrogens is 395 g/mol. The Kier molecular flexibility index (Phi) is 5.59. The number of fused-ring (bicyclic) bond motifs is 1. The molecule has 152 valence electrons. The molecule has 0 aliphatic carbocycles. The van der Waals surface area contributed by atoms with Gasteiger partial charge in [-0.15, -0.1) is 11.3 Å². The molecule has 1 fully saturated rings. The number of aromatic nitrogens is 2. The Bertz CT molecular complexity index is 1050. The first-order valence-corrected chi connectivity index (χ1v) is 10.2. The van der Waals surface area contributed by atoms with E-state index in [1.807, 2.05) is 6.92 Å². The van der Waals surface area contributed by atoms with Crippen LogP contribution >= 0.6 is 11.3 Å². The van der Waals surface area contributed by atoms with Crippen molar-refractivity contribution < 1.29 is 18.7 Å². The largest absolute Gasteiger partial charge is 0.488 e. The van der Waals surface area contributed by atoms with E-state index in [4.69, 9.17) is 9.47 Å². The number of rotatable bonds is 5. The van der Waals surface area contributed by atoms with E-state index in [0.717, 1.165) is 23.8 Å². The number of carbonyl (C=O) groups excluding carboxylic acids is 1. The van der Waals surface area contributed by atoms with E-state index in [1.165, 1.54) is 29.8 Å². The van der Waals surface area contributed by atoms with Crippen molar-refractivity contribution in [2.24, 2.45) is 0 Å². The molecule has 1 aromatic carbocycles. The number of halogens is 1. The summed E-state index contributed by atoms with van der Waals surface area (Å²) in [5.41, 5.74) is 1.39. The first-order valence-electron chi connectivity index (χ1n) is 9.34. The van der Waals surface area contributed by atoms with Crippen LogP contribution in [-0.4, -0.2) is 42.2 Å². The predicted molar refractivity (Wildman–Crippen MR) is 110 cm³/mol. The van der Waals surface area contributed by atoms with Crippen LogP contribution in [0.4, 0.5) is 15.9 Å². The Morgan fingerprint density at radius 2 is 2.10 bits per heavy atom. The van der Waals surface area contributed by atoms with Crippen molar-refractivity contribution in [3.8, 4) is 5.75 Å². The lowest BCUT2D eigenvalue weighted by Crippen LogP contribution is -2.26. The van der Waals surface area contributed by atoms with Gasteiger partial charge in [-0.2, -0.15) is 0 Å². The van der Waals surface area contributed by atoms with Crippen LogP contribution in [0.25, 0.3) is 10.2 Å². The van der Waals surface area contributed by atoms with Crippen molar-refractivity contribution >= 4 is 39.0 Å². The fourth-order valence-electron chi connectivity index (χ4n) is 3.29. The number of aryl methyl sites for hydroxylation is 1. The lowest BCUT2D eigenvalue weighted by atomic mass is 10.1. The Morgan fingerprint density at radius 3 is 2.86 bits per heavy atom. The molecule has 2 N–H and O–H groups in total. The maximum atomic E-state index is 13.9. The van der Waals surface area contributed by atoms with Crippen LogP contribution < -0.4 is 15.4 Å². The van der Waals surface area contributed by atoms with Crippen molar-refractivity contribution in [2.45, 2.75) is 25.9 Å². The molecule has 9 heteroatoms. The second-order valence-electron chi connectivity index (χ2n) is 6.73. The number of thiophene rings is 1. The molecule has 2 aromatic heterocycles. The summed E-state index contributed by atoms with van der Waals surface area (Å²) >= 11 is 1.31. The lowest BCUT2D eigenvalue weighted by Gasteiger charge is -2.24. The topological polar surface area (TPSA) is 85.4 Å². The van der Waals surface area contributed by atoms with Crippen LogP contribution in [0.1, 0.15) is 28.1 Å². The zero-order valence-electron chi connectivity index (χ0n) is 16.1. The van der Waals surface area contributed by atoms with Crippen molar-refractivity contribution in [1.29, 1.82) is 0 Å². The summed E-state index contributed by atoms with van der Waals surface area (Å²) in [7, 11) is 1.59. The van der Waals surface area contributed by atoms with E-state index < -0.39 is 0 Å². The zero-order valence-corrected chi connectivity index (χ0v) is 16.9. The molecule has 1 aliphatic rings. The monoisotopic (exact) mass is 416 g/mol. The van der Waals surface area contributed by atoms with E-state index in [2.05, 4.69) is 20.6 Å². The fraction of sp³-hybridized carbons (Fsp3) is 0.350. The third kappa shape index (κ3) is 4.01. The number of carbonyl (C=O) groups is 1. The molecule has 0 unspecified atom stereocenters. The van der Waals surface area contributed by atoms with Crippen LogP contribution in [-0.2, 0) is 4.74 Å². The van der Waals surface area contributed by atoms with Crippen molar-refractivity contribution in [1.82, 2.24) is 15.3 Å². The number of ether oxygens (including phenoxy) is 2. The Balaban J connectivity index is 1.70. The molecule has 1 aliphatic heterocycles. The highest BCUT2D eigenvalue weighted by Crippen LogP contribution is 2.37. The first-order chi connectivity index (χ1) is 14.1. The number of hydrogen-bond acceptors (Lipinski definition) is 7. The highest BCUT2D eigenvalue weighted by atomic mass is 32.1. The fourth-order valence-corrected chi connectivity index (χ4v) is 4.39. The Labute approximate surface area is 171 Å².